The van der Waals surface area contributed by atoms with Crippen LogP contribution in [0.15, 0.2) is 11.6 Å². The Hall–Kier alpha value is -0.830. The first-order chi connectivity index (χ1) is 16.5. The van der Waals surface area contributed by atoms with E-state index in [1.807, 2.05) is 0 Å². The van der Waals surface area contributed by atoms with Gasteiger partial charge in [0.25, 0.3) is 0 Å². The van der Waals surface area contributed by atoms with Gasteiger partial charge in [-0.05, 0) is 81.0 Å². The highest BCUT2D eigenvalue weighted by atomic mass is 16.5. The van der Waals surface area contributed by atoms with Crippen molar-refractivity contribution in [3.8, 4) is 0 Å². The van der Waals surface area contributed by atoms with Gasteiger partial charge in [0.15, 0.2) is 0 Å². The molecule has 0 bridgehead atoms. The number of allylic oxidation sites excluding steroid dienone is 2. The first-order valence-corrected chi connectivity index (χ1v) is 15.0. The van der Waals surface area contributed by atoms with Crippen LogP contribution < -0.4 is 0 Å². The molecule has 4 aliphatic rings. The topological polar surface area (TPSA) is 46.5 Å². The summed E-state index contributed by atoms with van der Waals surface area (Å²) < 4.78 is 6.14. The fourth-order valence-electron chi connectivity index (χ4n) is 8.73. The van der Waals surface area contributed by atoms with Crippen LogP contribution in [0.4, 0.5) is 0 Å². The molecule has 0 aliphatic heterocycles. The van der Waals surface area contributed by atoms with Crippen LogP contribution in [0, 0.1) is 28.6 Å². The summed E-state index contributed by atoms with van der Waals surface area (Å²) in [5.74, 6) is 1.91. The number of carbonyl (C=O) groups excluding carboxylic acids is 1. The fourth-order valence-corrected chi connectivity index (χ4v) is 8.73. The van der Waals surface area contributed by atoms with Crippen LogP contribution in [-0.2, 0) is 9.53 Å². The molecule has 1 N–H and O–H groups in total. The number of aliphatic hydroxyl groups excluding tert-OH is 1. The van der Waals surface area contributed by atoms with Gasteiger partial charge in [-0.2, -0.15) is 0 Å². The molecule has 0 radical (unpaired) electrons. The van der Waals surface area contributed by atoms with E-state index in [0.717, 1.165) is 38.0 Å². The van der Waals surface area contributed by atoms with Crippen molar-refractivity contribution in [3.05, 3.63) is 11.6 Å². The number of hydrogen-bond acceptors (Lipinski definition) is 3. The van der Waals surface area contributed by atoms with Gasteiger partial charge in [-0.25, -0.2) is 0 Å². The van der Waals surface area contributed by atoms with Crippen molar-refractivity contribution in [2.75, 3.05) is 6.61 Å². The predicted molar refractivity (Wildman–Crippen MR) is 139 cm³/mol. The minimum atomic E-state index is -0.189. The summed E-state index contributed by atoms with van der Waals surface area (Å²) >= 11 is 0. The van der Waals surface area contributed by atoms with Crippen LogP contribution in [-0.4, -0.2) is 23.8 Å². The Labute approximate surface area is 209 Å². The van der Waals surface area contributed by atoms with Gasteiger partial charge >= 0.3 is 5.97 Å². The van der Waals surface area contributed by atoms with Crippen molar-refractivity contribution in [2.24, 2.45) is 28.6 Å². The molecule has 3 saturated carbocycles. The fraction of sp³-hybridized carbons (Fsp3) is 0.903. The number of hydrogen-bond donors (Lipinski definition) is 1. The Morgan fingerprint density at radius 3 is 2.44 bits per heavy atom. The maximum Gasteiger partial charge on any atom is 0.306 e. The lowest BCUT2D eigenvalue weighted by Crippen LogP contribution is -2.53. The summed E-state index contributed by atoms with van der Waals surface area (Å²) in [4.78, 5) is 12.7. The van der Waals surface area contributed by atoms with Crippen LogP contribution in [0.1, 0.15) is 136 Å². The monoisotopic (exact) mass is 472 g/mol. The number of ether oxygens (including phenoxy) is 1. The molecule has 194 valence electrons. The molecule has 0 aromatic carbocycles. The van der Waals surface area contributed by atoms with Gasteiger partial charge in [0.2, 0.25) is 0 Å². The van der Waals surface area contributed by atoms with Gasteiger partial charge in [-0.3, -0.25) is 4.79 Å². The van der Waals surface area contributed by atoms with Crippen molar-refractivity contribution in [3.63, 3.8) is 0 Å². The molecule has 4 rings (SSSR count). The number of fused-ring (bicyclic) bond motifs is 5. The molecule has 0 spiro atoms. The second kappa shape index (κ2) is 11.9. The van der Waals surface area contributed by atoms with Gasteiger partial charge in [-0.15, -0.1) is 0 Å². The lowest BCUT2D eigenvalue weighted by Gasteiger charge is -2.57. The molecule has 0 heterocycles. The van der Waals surface area contributed by atoms with Crippen molar-refractivity contribution in [2.45, 2.75) is 142 Å². The second-order valence-electron chi connectivity index (χ2n) is 12.5. The van der Waals surface area contributed by atoms with E-state index in [9.17, 15) is 9.90 Å². The lowest BCUT2D eigenvalue weighted by atomic mass is 9.48. The number of unbranched alkanes of at least 4 members (excludes halogenated alkanes) is 8. The zero-order valence-electron chi connectivity index (χ0n) is 22.3. The van der Waals surface area contributed by atoms with Crippen molar-refractivity contribution in [1.29, 1.82) is 0 Å². The number of aliphatic hydroxyl groups is 1. The lowest BCUT2D eigenvalue weighted by molar-refractivity contribution is -0.165. The summed E-state index contributed by atoms with van der Waals surface area (Å²) in [7, 11) is 0. The van der Waals surface area contributed by atoms with Gasteiger partial charge in [0.1, 0.15) is 6.10 Å². The van der Waals surface area contributed by atoms with E-state index < -0.39 is 0 Å². The molecule has 0 aromatic rings. The average Bonchev–Trinajstić information content (AvgIpc) is 3.21. The molecular formula is C31H52O3. The van der Waals surface area contributed by atoms with E-state index in [0.29, 0.717) is 23.7 Å². The molecule has 3 heteroatoms. The van der Waals surface area contributed by atoms with Crippen molar-refractivity contribution >= 4 is 5.97 Å². The quantitative estimate of drug-likeness (QED) is 0.177. The SMILES string of the molecule is CCCCCCCCCCCC(=O)OC1CC[C@H]2[C@@H]3CC=C4CCCC[C@]4(C)[C@H]3CC[C@]12CO. The highest BCUT2D eigenvalue weighted by molar-refractivity contribution is 5.69. The van der Waals surface area contributed by atoms with Crippen LogP contribution in [0.25, 0.3) is 0 Å². The highest BCUT2D eigenvalue weighted by Crippen LogP contribution is 2.65. The largest absolute Gasteiger partial charge is 0.462 e. The third-order valence-corrected chi connectivity index (χ3v) is 10.7. The van der Waals surface area contributed by atoms with Crippen LogP contribution in [0.2, 0.25) is 0 Å². The van der Waals surface area contributed by atoms with E-state index in [4.69, 9.17) is 4.74 Å². The Bertz CT molecular complexity index is 699. The zero-order valence-corrected chi connectivity index (χ0v) is 22.3. The van der Waals surface area contributed by atoms with Crippen LogP contribution in [0.3, 0.4) is 0 Å². The van der Waals surface area contributed by atoms with Gasteiger partial charge < -0.3 is 9.84 Å². The molecule has 1 unspecified atom stereocenters. The minimum absolute atomic E-state index is 0.0198. The zero-order chi connectivity index (χ0) is 24.0. The standard InChI is InChI=1S/C31H52O3/c1-3-4-5-6-7-8-9-10-11-15-29(33)34-28-19-18-27-25-17-16-24-14-12-13-21-30(24,2)26(25)20-22-31(27,28)23-32/h16,25-28,32H,3-15,17-23H2,1-2H3/t25-,26+,27+,28?,30+,31-/m1/s1. The molecule has 34 heavy (non-hydrogen) atoms. The van der Waals surface area contributed by atoms with Crippen LogP contribution >= 0.6 is 0 Å². The van der Waals surface area contributed by atoms with E-state index >= 15 is 0 Å². The van der Waals surface area contributed by atoms with Crippen molar-refractivity contribution < 1.29 is 14.6 Å². The van der Waals surface area contributed by atoms with Gasteiger partial charge in [0, 0.05) is 11.8 Å². The highest BCUT2D eigenvalue weighted by Gasteiger charge is 2.61. The van der Waals surface area contributed by atoms with Gasteiger partial charge in [-0.1, -0.05) is 83.3 Å². The predicted octanol–water partition coefficient (Wildman–Crippen LogP) is 8.14. The number of esters is 1. The second-order valence-corrected chi connectivity index (χ2v) is 12.5. The first kappa shape index (κ1) is 26.2. The smallest absolute Gasteiger partial charge is 0.306 e. The van der Waals surface area contributed by atoms with E-state index in [2.05, 4.69) is 19.9 Å². The number of carbonyl (C=O) groups is 1. The summed E-state index contributed by atoms with van der Waals surface area (Å²) in [6, 6.07) is 0. The first-order valence-electron chi connectivity index (χ1n) is 15.0. The molecule has 0 aromatic heterocycles. The van der Waals surface area contributed by atoms with E-state index in [-0.39, 0.29) is 24.1 Å². The summed E-state index contributed by atoms with van der Waals surface area (Å²) in [5.41, 5.74) is 1.93. The van der Waals surface area contributed by atoms with Crippen molar-refractivity contribution in [1.82, 2.24) is 0 Å². The Morgan fingerprint density at radius 2 is 1.71 bits per heavy atom. The summed E-state index contributed by atoms with van der Waals surface area (Å²) in [5, 5.41) is 10.7. The summed E-state index contributed by atoms with van der Waals surface area (Å²) in [6.45, 7) is 4.99. The van der Waals surface area contributed by atoms with E-state index in [1.54, 1.807) is 5.57 Å². The number of rotatable bonds is 12. The molecule has 6 atom stereocenters. The third kappa shape index (κ3) is 5.30. The maximum atomic E-state index is 12.7. The molecule has 4 aliphatic carbocycles. The Balaban J connectivity index is 1.26. The molecule has 0 saturated heterocycles. The van der Waals surface area contributed by atoms with E-state index in [1.165, 1.54) is 83.5 Å². The molecular weight excluding hydrogens is 420 g/mol. The molecule has 3 nitrogen and oxygen atoms in total. The Kier molecular flexibility index (Phi) is 9.21. The molecule has 0 amide bonds. The molecule has 3 fully saturated rings. The average molecular weight is 473 g/mol. The summed E-state index contributed by atoms with van der Waals surface area (Å²) in [6.07, 6.45) is 25.3. The normalized spacial score (nSPS) is 36.9. The third-order valence-electron chi connectivity index (χ3n) is 10.7. The Morgan fingerprint density at radius 1 is 0.971 bits per heavy atom. The van der Waals surface area contributed by atoms with Crippen LogP contribution in [0.5, 0.6) is 0 Å². The maximum absolute atomic E-state index is 12.7. The van der Waals surface area contributed by atoms with Gasteiger partial charge in [0.05, 0.1) is 6.61 Å². The minimum Gasteiger partial charge on any atom is -0.462 e.